The van der Waals surface area contributed by atoms with Gasteiger partial charge in [-0.25, -0.2) is 4.39 Å². The molecular weight excluding hydrogens is 334 g/mol. The van der Waals surface area contributed by atoms with Crippen molar-refractivity contribution in [1.29, 1.82) is 0 Å². The summed E-state index contributed by atoms with van der Waals surface area (Å²) in [5.41, 5.74) is -1.14. The summed E-state index contributed by atoms with van der Waals surface area (Å²) < 4.78 is 52.7. The summed E-state index contributed by atoms with van der Waals surface area (Å²) in [7, 11) is 0. The molecule has 1 aliphatic carbocycles. The summed E-state index contributed by atoms with van der Waals surface area (Å²) in [6, 6.07) is 12.0. The predicted octanol–water partition coefficient (Wildman–Crippen LogP) is 5.28. The van der Waals surface area contributed by atoms with Crippen LogP contribution in [-0.2, 0) is 16.5 Å². The van der Waals surface area contributed by atoms with Gasteiger partial charge in [-0.15, -0.1) is 0 Å². The van der Waals surface area contributed by atoms with Crippen molar-refractivity contribution in [2.75, 3.05) is 4.90 Å². The second kappa shape index (κ2) is 6.50. The summed E-state index contributed by atoms with van der Waals surface area (Å²) in [4.78, 5) is 13.2. The molecule has 1 saturated carbocycles. The van der Waals surface area contributed by atoms with E-state index in [1.165, 1.54) is 11.0 Å². The van der Waals surface area contributed by atoms with Gasteiger partial charge < -0.3 is 4.90 Å². The molecule has 0 bridgehead atoms. The third-order valence-corrected chi connectivity index (χ3v) is 4.84. The molecule has 1 amide bonds. The Hall–Kier alpha value is -2.37. The third kappa shape index (κ3) is 3.13. The Bertz CT molecular complexity index is 752. The molecule has 3 rings (SSSR count). The lowest BCUT2D eigenvalue weighted by Gasteiger charge is -2.39. The SMILES string of the molecule is O=CN(c1ccc(F)c(C(F)(F)F)c1)C1(c2ccccc2)CCCC1. The second-order valence-corrected chi connectivity index (χ2v) is 6.24. The summed E-state index contributed by atoms with van der Waals surface area (Å²) in [6.45, 7) is 0. The van der Waals surface area contributed by atoms with Crippen LogP contribution in [0.25, 0.3) is 0 Å². The number of hydrogen-bond acceptors (Lipinski definition) is 1. The Morgan fingerprint density at radius 1 is 1.00 bits per heavy atom. The zero-order valence-corrected chi connectivity index (χ0v) is 13.4. The van der Waals surface area contributed by atoms with Gasteiger partial charge in [0.05, 0.1) is 11.1 Å². The van der Waals surface area contributed by atoms with Gasteiger partial charge in [0.2, 0.25) is 6.41 Å². The fraction of sp³-hybridized carbons (Fsp3) is 0.316. The molecule has 25 heavy (non-hydrogen) atoms. The van der Waals surface area contributed by atoms with Crippen LogP contribution in [0.3, 0.4) is 0 Å². The van der Waals surface area contributed by atoms with E-state index in [1.807, 2.05) is 30.3 Å². The highest BCUT2D eigenvalue weighted by Crippen LogP contribution is 2.46. The van der Waals surface area contributed by atoms with Gasteiger partial charge >= 0.3 is 6.18 Å². The Morgan fingerprint density at radius 2 is 1.64 bits per heavy atom. The average molecular weight is 351 g/mol. The maximum atomic E-state index is 13.6. The number of alkyl halides is 3. The fourth-order valence-corrected chi connectivity index (χ4v) is 3.67. The van der Waals surface area contributed by atoms with Gasteiger partial charge in [0.25, 0.3) is 0 Å². The lowest BCUT2D eigenvalue weighted by Crippen LogP contribution is -2.43. The van der Waals surface area contributed by atoms with Crippen LogP contribution in [-0.4, -0.2) is 6.41 Å². The van der Waals surface area contributed by atoms with Crippen LogP contribution in [0.2, 0.25) is 0 Å². The van der Waals surface area contributed by atoms with E-state index in [1.54, 1.807) is 0 Å². The van der Waals surface area contributed by atoms with Crippen molar-refractivity contribution in [3.63, 3.8) is 0 Å². The molecule has 0 unspecified atom stereocenters. The first kappa shape index (κ1) is 17.5. The maximum Gasteiger partial charge on any atom is 0.419 e. The maximum absolute atomic E-state index is 13.6. The Kier molecular flexibility index (Phi) is 4.54. The second-order valence-electron chi connectivity index (χ2n) is 6.24. The van der Waals surface area contributed by atoms with Gasteiger partial charge in [0, 0.05) is 5.69 Å². The molecule has 132 valence electrons. The largest absolute Gasteiger partial charge is 0.419 e. The number of benzene rings is 2. The predicted molar refractivity (Wildman–Crippen MR) is 86.5 cm³/mol. The Morgan fingerprint density at radius 3 is 2.20 bits per heavy atom. The highest BCUT2D eigenvalue weighted by molar-refractivity contribution is 5.78. The van der Waals surface area contributed by atoms with E-state index >= 15 is 0 Å². The highest BCUT2D eigenvalue weighted by atomic mass is 19.4. The molecule has 1 aliphatic rings. The van der Waals surface area contributed by atoms with Crippen LogP contribution in [0.5, 0.6) is 0 Å². The van der Waals surface area contributed by atoms with Crippen molar-refractivity contribution in [2.45, 2.75) is 37.4 Å². The number of hydrogen-bond donors (Lipinski definition) is 0. The summed E-state index contributed by atoms with van der Waals surface area (Å²) in [6.07, 6.45) is -1.24. The van der Waals surface area contributed by atoms with E-state index in [4.69, 9.17) is 0 Å². The summed E-state index contributed by atoms with van der Waals surface area (Å²) >= 11 is 0. The molecule has 0 saturated heterocycles. The van der Waals surface area contributed by atoms with Crippen molar-refractivity contribution >= 4 is 12.1 Å². The minimum atomic E-state index is -4.82. The summed E-state index contributed by atoms with van der Waals surface area (Å²) in [5, 5.41) is 0. The Labute approximate surface area is 143 Å². The number of nitrogens with zero attached hydrogens (tertiary/aromatic N) is 1. The van der Waals surface area contributed by atoms with E-state index in [9.17, 15) is 22.4 Å². The van der Waals surface area contributed by atoms with Gasteiger partial charge in [-0.1, -0.05) is 43.2 Å². The molecule has 2 aromatic rings. The molecule has 0 N–H and O–H groups in total. The Balaban J connectivity index is 2.12. The van der Waals surface area contributed by atoms with Gasteiger partial charge in [-0.3, -0.25) is 4.79 Å². The number of carbonyl (C=O) groups excluding carboxylic acids is 1. The molecule has 0 aliphatic heterocycles. The van der Waals surface area contributed by atoms with Crippen LogP contribution in [0.1, 0.15) is 36.8 Å². The van der Waals surface area contributed by atoms with Crippen LogP contribution in [0, 0.1) is 5.82 Å². The quantitative estimate of drug-likeness (QED) is 0.542. The van der Waals surface area contributed by atoms with E-state index in [0.29, 0.717) is 25.3 Å². The van der Waals surface area contributed by atoms with Crippen LogP contribution in [0.15, 0.2) is 48.5 Å². The molecule has 2 nitrogen and oxygen atoms in total. The number of halogens is 4. The van der Waals surface area contributed by atoms with Gasteiger partial charge in [0.1, 0.15) is 5.82 Å². The molecule has 2 aromatic carbocycles. The zero-order valence-electron chi connectivity index (χ0n) is 13.4. The number of rotatable bonds is 4. The first-order valence-electron chi connectivity index (χ1n) is 8.05. The minimum absolute atomic E-state index is 0.0504. The number of carbonyl (C=O) groups is 1. The molecular formula is C19H17F4NO. The van der Waals surface area contributed by atoms with Crippen LogP contribution in [0.4, 0.5) is 23.2 Å². The minimum Gasteiger partial charge on any atom is -0.305 e. The van der Waals surface area contributed by atoms with E-state index in [0.717, 1.165) is 24.5 Å². The molecule has 6 heteroatoms. The molecule has 1 fully saturated rings. The molecule has 0 aromatic heterocycles. The summed E-state index contributed by atoms with van der Waals surface area (Å²) in [5.74, 6) is -1.35. The number of amides is 1. The molecule has 0 heterocycles. The zero-order chi connectivity index (χ0) is 18.1. The van der Waals surface area contributed by atoms with Crippen molar-refractivity contribution in [3.8, 4) is 0 Å². The normalized spacial score (nSPS) is 16.6. The van der Waals surface area contributed by atoms with Gasteiger partial charge in [-0.2, -0.15) is 13.2 Å². The van der Waals surface area contributed by atoms with E-state index in [-0.39, 0.29) is 5.69 Å². The topological polar surface area (TPSA) is 20.3 Å². The molecule has 0 radical (unpaired) electrons. The van der Waals surface area contributed by atoms with Gasteiger partial charge in [-0.05, 0) is 36.6 Å². The van der Waals surface area contributed by atoms with Crippen molar-refractivity contribution in [3.05, 3.63) is 65.5 Å². The van der Waals surface area contributed by atoms with E-state index in [2.05, 4.69) is 0 Å². The molecule has 0 spiro atoms. The smallest absolute Gasteiger partial charge is 0.305 e. The third-order valence-electron chi connectivity index (χ3n) is 4.84. The average Bonchev–Trinajstić information content (AvgIpc) is 3.07. The van der Waals surface area contributed by atoms with Crippen molar-refractivity contribution < 1.29 is 22.4 Å². The lowest BCUT2D eigenvalue weighted by molar-refractivity contribution is -0.140. The van der Waals surface area contributed by atoms with E-state index < -0.39 is 23.1 Å². The van der Waals surface area contributed by atoms with Crippen LogP contribution >= 0.6 is 0 Å². The monoisotopic (exact) mass is 351 g/mol. The van der Waals surface area contributed by atoms with Crippen molar-refractivity contribution in [2.24, 2.45) is 0 Å². The van der Waals surface area contributed by atoms with Gasteiger partial charge in [0.15, 0.2) is 0 Å². The van der Waals surface area contributed by atoms with Crippen molar-refractivity contribution in [1.82, 2.24) is 0 Å². The highest BCUT2D eigenvalue weighted by Gasteiger charge is 2.42. The number of anilines is 1. The molecule has 0 atom stereocenters. The standard InChI is InChI=1S/C19H17F4NO/c20-17-9-8-15(12-16(17)19(21,22)23)24(13-25)18(10-4-5-11-18)14-6-2-1-3-7-14/h1-3,6-9,12-13H,4-5,10-11H2. The lowest BCUT2D eigenvalue weighted by atomic mass is 9.86. The first-order valence-corrected chi connectivity index (χ1v) is 8.05. The van der Waals surface area contributed by atoms with Crippen LogP contribution < -0.4 is 4.90 Å². The fourth-order valence-electron chi connectivity index (χ4n) is 3.67. The first-order chi connectivity index (χ1) is 11.9.